The van der Waals surface area contributed by atoms with Gasteiger partial charge in [-0.3, -0.25) is 0 Å². The Hall–Kier alpha value is -0.870. The van der Waals surface area contributed by atoms with Crippen molar-refractivity contribution >= 4 is 35.2 Å². The summed E-state index contributed by atoms with van der Waals surface area (Å²) in [7, 11) is 1.56. The molecule has 2 unspecified atom stereocenters. The average Bonchev–Trinajstić information content (AvgIpc) is 2.58. The summed E-state index contributed by atoms with van der Waals surface area (Å²) in [6, 6.07) is 2.44. The zero-order valence-electron chi connectivity index (χ0n) is 9.40. The molecule has 0 N–H and O–H groups in total. The van der Waals surface area contributed by atoms with Crippen LogP contribution in [-0.2, 0) is 4.74 Å². The summed E-state index contributed by atoms with van der Waals surface area (Å²) >= 11 is 7.97. The number of alkyl halides is 1. The normalized spacial score (nSPS) is 24.4. The van der Waals surface area contributed by atoms with Gasteiger partial charge in [0.15, 0.2) is 0 Å². The maximum absolute atomic E-state index is 6.21. The van der Waals surface area contributed by atoms with Crippen molar-refractivity contribution in [3.05, 3.63) is 21.4 Å². The summed E-state index contributed by atoms with van der Waals surface area (Å²) in [6.45, 7) is 4.17. The highest BCUT2D eigenvalue weighted by Gasteiger charge is 2.26. The molecule has 1 aromatic rings. The zero-order chi connectivity index (χ0) is 11.7. The van der Waals surface area contributed by atoms with Crippen LogP contribution in [0.15, 0.2) is 16.1 Å². The molecule has 0 spiro atoms. The Morgan fingerprint density at radius 1 is 1.44 bits per heavy atom. The smallest absolute Gasteiger partial charge is 0.311 e. The molecule has 0 amide bonds. The second-order valence-corrected chi connectivity index (χ2v) is 5.62. The first-order chi connectivity index (χ1) is 7.61. The summed E-state index contributed by atoms with van der Waals surface area (Å²) in [5.74, 6) is 0. The molecule has 2 atom stereocenters. The van der Waals surface area contributed by atoms with Gasteiger partial charge < -0.3 is 4.74 Å². The lowest BCUT2D eigenvalue weighted by molar-refractivity contribution is 0.390. The van der Waals surface area contributed by atoms with Crippen molar-refractivity contribution in [1.82, 2.24) is 0 Å². The third-order valence-corrected chi connectivity index (χ3v) is 3.79. The molecule has 5 heteroatoms. The molecule has 0 bridgehead atoms. The second kappa shape index (κ2) is 4.55. The Bertz CT molecular complexity index is 453. The molecule has 0 aromatic carbocycles. The summed E-state index contributed by atoms with van der Waals surface area (Å²) in [5, 5.41) is -0.202. The third-order valence-electron chi connectivity index (χ3n) is 2.46. The molecule has 0 saturated heterocycles. The first-order valence-corrected chi connectivity index (χ1v) is 6.24. The monoisotopic (exact) mass is 256 g/mol. The first-order valence-electron chi connectivity index (χ1n) is 4.99. The predicted octanol–water partition coefficient (Wildman–Crippen LogP) is 3.10. The van der Waals surface area contributed by atoms with E-state index in [1.54, 1.807) is 24.7 Å². The molecule has 16 heavy (non-hydrogen) atoms. The van der Waals surface area contributed by atoms with Gasteiger partial charge in [0, 0.05) is 16.0 Å². The SMILES string of the molecule is COC1=NC(c2cc(C)sc2C)C(Cl)C=N1. The van der Waals surface area contributed by atoms with Crippen LogP contribution in [0.2, 0.25) is 0 Å². The van der Waals surface area contributed by atoms with Gasteiger partial charge in [0.25, 0.3) is 0 Å². The van der Waals surface area contributed by atoms with Gasteiger partial charge in [-0.2, -0.15) is 0 Å². The summed E-state index contributed by atoms with van der Waals surface area (Å²) in [4.78, 5) is 10.9. The molecular weight excluding hydrogens is 244 g/mol. The van der Waals surface area contributed by atoms with Crippen molar-refractivity contribution in [2.75, 3.05) is 7.11 Å². The highest BCUT2D eigenvalue weighted by molar-refractivity contribution is 7.12. The number of hydrogen-bond donors (Lipinski definition) is 0. The van der Waals surface area contributed by atoms with Crippen molar-refractivity contribution in [2.45, 2.75) is 25.3 Å². The van der Waals surface area contributed by atoms with Crippen LogP contribution in [0.5, 0.6) is 0 Å². The van der Waals surface area contributed by atoms with Gasteiger partial charge in [0.2, 0.25) is 0 Å². The zero-order valence-corrected chi connectivity index (χ0v) is 11.0. The quantitative estimate of drug-likeness (QED) is 0.711. The number of hydrogen-bond acceptors (Lipinski definition) is 4. The Morgan fingerprint density at radius 2 is 2.19 bits per heavy atom. The Kier molecular flexibility index (Phi) is 3.30. The number of methoxy groups -OCH3 is 1. The van der Waals surface area contributed by atoms with Crippen LogP contribution >= 0.6 is 22.9 Å². The van der Waals surface area contributed by atoms with E-state index in [1.807, 2.05) is 0 Å². The van der Waals surface area contributed by atoms with Crippen molar-refractivity contribution in [3.63, 3.8) is 0 Å². The van der Waals surface area contributed by atoms with Gasteiger partial charge in [0.1, 0.15) is 6.04 Å². The number of thiophene rings is 1. The number of aryl methyl sites for hydroxylation is 2. The number of rotatable bonds is 1. The molecule has 2 heterocycles. The molecule has 0 aliphatic carbocycles. The highest BCUT2D eigenvalue weighted by Crippen LogP contribution is 2.33. The summed E-state index contributed by atoms with van der Waals surface area (Å²) < 4.78 is 5.03. The molecule has 1 aromatic heterocycles. The van der Waals surface area contributed by atoms with E-state index in [1.165, 1.54) is 15.3 Å². The largest absolute Gasteiger partial charge is 0.467 e. The van der Waals surface area contributed by atoms with Gasteiger partial charge >= 0.3 is 6.02 Å². The molecule has 3 nitrogen and oxygen atoms in total. The molecule has 0 radical (unpaired) electrons. The number of nitrogens with zero attached hydrogens (tertiary/aromatic N) is 2. The summed E-state index contributed by atoms with van der Waals surface area (Å²) in [6.07, 6.45) is 1.69. The number of halogens is 1. The van der Waals surface area contributed by atoms with Crippen LogP contribution in [0.4, 0.5) is 0 Å². The van der Waals surface area contributed by atoms with E-state index in [-0.39, 0.29) is 11.4 Å². The topological polar surface area (TPSA) is 34.0 Å². The lowest BCUT2D eigenvalue weighted by Crippen LogP contribution is -2.20. The molecule has 1 aliphatic heterocycles. The average molecular weight is 257 g/mol. The number of amidine groups is 1. The molecule has 0 fully saturated rings. The molecule has 1 aliphatic rings. The van der Waals surface area contributed by atoms with E-state index in [4.69, 9.17) is 16.3 Å². The van der Waals surface area contributed by atoms with Crippen LogP contribution in [0.1, 0.15) is 21.4 Å². The minimum atomic E-state index is -0.202. The summed E-state index contributed by atoms with van der Waals surface area (Å²) in [5.41, 5.74) is 1.17. The molecule has 86 valence electrons. The van der Waals surface area contributed by atoms with Crippen LogP contribution < -0.4 is 0 Å². The third kappa shape index (κ3) is 2.13. The highest BCUT2D eigenvalue weighted by atomic mass is 35.5. The van der Waals surface area contributed by atoms with E-state index in [9.17, 15) is 0 Å². The second-order valence-electron chi connectivity index (χ2n) is 3.65. The lowest BCUT2D eigenvalue weighted by atomic mass is 10.0. The van der Waals surface area contributed by atoms with Gasteiger partial charge in [-0.05, 0) is 25.5 Å². The minimum absolute atomic E-state index is 0.0842. The predicted molar refractivity (Wildman–Crippen MR) is 69.1 cm³/mol. The van der Waals surface area contributed by atoms with E-state index in [2.05, 4.69) is 29.9 Å². The van der Waals surface area contributed by atoms with Gasteiger partial charge in [-0.25, -0.2) is 9.98 Å². The van der Waals surface area contributed by atoms with Gasteiger partial charge in [-0.15, -0.1) is 22.9 Å². The van der Waals surface area contributed by atoms with Crippen molar-refractivity contribution in [3.8, 4) is 0 Å². The fourth-order valence-corrected chi connectivity index (χ4v) is 2.95. The van der Waals surface area contributed by atoms with Crippen molar-refractivity contribution < 1.29 is 4.74 Å². The van der Waals surface area contributed by atoms with Gasteiger partial charge in [0.05, 0.1) is 12.5 Å². The number of ether oxygens (including phenoxy) is 1. The van der Waals surface area contributed by atoms with E-state index >= 15 is 0 Å². The van der Waals surface area contributed by atoms with Crippen molar-refractivity contribution in [1.29, 1.82) is 0 Å². The van der Waals surface area contributed by atoms with Crippen LogP contribution in [0.25, 0.3) is 0 Å². The van der Waals surface area contributed by atoms with Crippen LogP contribution in [0, 0.1) is 13.8 Å². The Morgan fingerprint density at radius 3 is 2.75 bits per heavy atom. The molecule has 0 saturated carbocycles. The maximum Gasteiger partial charge on any atom is 0.311 e. The Balaban J connectivity index is 2.36. The Labute approximate surface area is 104 Å². The van der Waals surface area contributed by atoms with E-state index < -0.39 is 0 Å². The maximum atomic E-state index is 6.21. The van der Waals surface area contributed by atoms with Crippen LogP contribution in [0.3, 0.4) is 0 Å². The fraction of sp³-hybridized carbons (Fsp3) is 0.455. The minimum Gasteiger partial charge on any atom is -0.467 e. The standard InChI is InChI=1S/C11H13ClN2OS/c1-6-4-8(7(2)16-6)10-9(12)5-13-11(14-10)15-3/h4-5,9-10H,1-3H3. The van der Waals surface area contributed by atoms with Crippen molar-refractivity contribution in [2.24, 2.45) is 9.98 Å². The first kappa shape index (κ1) is 11.6. The molecular formula is C11H13ClN2OS. The van der Waals surface area contributed by atoms with E-state index in [0.29, 0.717) is 6.02 Å². The lowest BCUT2D eigenvalue weighted by Gasteiger charge is -2.19. The molecule has 2 rings (SSSR count). The van der Waals surface area contributed by atoms with Gasteiger partial charge in [-0.1, -0.05) is 0 Å². The van der Waals surface area contributed by atoms with E-state index in [0.717, 1.165) is 0 Å². The fourth-order valence-electron chi connectivity index (χ4n) is 1.73. The van der Waals surface area contributed by atoms with Crippen LogP contribution in [-0.4, -0.2) is 24.7 Å². The number of aliphatic imine (C=N–C) groups is 2.